The average Bonchev–Trinajstić information content (AvgIpc) is 2.94. The van der Waals surface area contributed by atoms with Gasteiger partial charge in [-0.15, -0.1) is 0 Å². The SMILES string of the molecule is Nc1ncnc2c1ncn2[C@@H]1O[C@H](CO)[C@@H](S)[C@H]1O. The van der Waals surface area contributed by atoms with E-state index >= 15 is 0 Å². The zero-order valence-corrected chi connectivity index (χ0v) is 10.7. The van der Waals surface area contributed by atoms with Crippen molar-refractivity contribution in [1.82, 2.24) is 19.5 Å². The van der Waals surface area contributed by atoms with Crippen LogP contribution >= 0.6 is 12.6 Å². The van der Waals surface area contributed by atoms with E-state index in [1.165, 1.54) is 12.7 Å². The van der Waals surface area contributed by atoms with Crippen molar-refractivity contribution in [2.24, 2.45) is 0 Å². The molecule has 19 heavy (non-hydrogen) atoms. The second-order valence-corrected chi connectivity index (χ2v) is 4.91. The molecule has 4 atom stereocenters. The topological polar surface area (TPSA) is 119 Å². The van der Waals surface area contributed by atoms with E-state index in [2.05, 4.69) is 27.6 Å². The molecule has 102 valence electrons. The van der Waals surface area contributed by atoms with Crippen LogP contribution in [0.5, 0.6) is 0 Å². The molecule has 9 heteroatoms. The summed E-state index contributed by atoms with van der Waals surface area (Å²) in [7, 11) is 0. The van der Waals surface area contributed by atoms with Crippen LogP contribution in [0, 0.1) is 0 Å². The lowest BCUT2D eigenvalue weighted by atomic mass is 10.2. The van der Waals surface area contributed by atoms with Crippen molar-refractivity contribution in [3.63, 3.8) is 0 Å². The van der Waals surface area contributed by atoms with E-state index in [9.17, 15) is 10.2 Å². The lowest BCUT2D eigenvalue weighted by Gasteiger charge is -2.16. The van der Waals surface area contributed by atoms with Gasteiger partial charge in [0.1, 0.15) is 17.9 Å². The van der Waals surface area contributed by atoms with Crippen LogP contribution in [0.4, 0.5) is 5.82 Å². The number of anilines is 1. The molecule has 0 amide bonds. The molecule has 1 saturated heterocycles. The highest BCUT2D eigenvalue weighted by molar-refractivity contribution is 7.81. The first-order chi connectivity index (χ1) is 9.13. The number of fused-ring (bicyclic) bond motifs is 1. The minimum Gasteiger partial charge on any atom is -0.394 e. The number of hydrogen-bond donors (Lipinski definition) is 4. The molecule has 0 unspecified atom stereocenters. The molecular weight excluding hydrogens is 270 g/mol. The first-order valence-electron chi connectivity index (χ1n) is 5.69. The molecule has 3 heterocycles. The molecule has 3 rings (SSSR count). The largest absolute Gasteiger partial charge is 0.394 e. The Hall–Kier alpha value is -1.42. The third-order valence-electron chi connectivity index (χ3n) is 3.18. The Labute approximate surface area is 113 Å². The van der Waals surface area contributed by atoms with Crippen LogP contribution < -0.4 is 5.73 Å². The van der Waals surface area contributed by atoms with Crippen LogP contribution in [-0.2, 0) is 4.74 Å². The number of imidazole rings is 1. The number of aliphatic hydroxyl groups excluding tert-OH is 2. The molecule has 0 aromatic carbocycles. The normalized spacial score (nSPS) is 31.1. The third kappa shape index (κ3) is 1.86. The number of nitrogens with two attached hydrogens (primary N) is 1. The number of nitrogen functional groups attached to an aromatic ring is 1. The number of ether oxygens (including phenoxy) is 1. The van der Waals surface area contributed by atoms with E-state index < -0.39 is 23.7 Å². The van der Waals surface area contributed by atoms with E-state index in [0.29, 0.717) is 11.2 Å². The predicted molar refractivity (Wildman–Crippen MR) is 69.5 cm³/mol. The minimum atomic E-state index is -0.880. The van der Waals surface area contributed by atoms with Crippen molar-refractivity contribution in [1.29, 1.82) is 0 Å². The summed E-state index contributed by atoms with van der Waals surface area (Å²) in [6, 6.07) is 0. The van der Waals surface area contributed by atoms with E-state index in [1.54, 1.807) is 4.57 Å². The van der Waals surface area contributed by atoms with Gasteiger partial charge in [-0.3, -0.25) is 4.57 Å². The number of aromatic nitrogens is 4. The Balaban J connectivity index is 2.04. The highest BCUT2D eigenvalue weighted by Crippen LogP contribution is 2.34. The molecule has 1 aliphatic heterocycles. The van der Waals surface area contributed by atoms with Gasteiger partial charge < -0.3 is 20.7 Å². The maximum absolute atomic E-state index is 10.1. The number of nitrogens with zero attached hydrogens (tertiary/aromatic N) is 4. The van der Waals surface area contributed by atoms with Crippen LogP contribution in [0.2, 0.25) is 0 Å². The Morgan fingerprint density at radius 3 is 2.89 bits per heavy atom. The van der Waals surface area contributed by atoms with Gasteiger partial charge in [-0.05, 0) is 0 Å². The summed E-state index contributed by atoms with van der Waals surface area (Å²) in [6.45, 7) is -0.217. The summed E-state index contributed by atoms with van der Waals surface area (Å²) in [4.78, 5) is 12.0. The molecule has 2 aromatic rings. The molecule has 4 N–H and O–H groups in total. The fourth-order valence-electron chi connectivity index (χ4n) is 2.17. The second kappa shape index (κ2) is 4.60. The van der Waals surface area contributed by atoms with Crippen LogP contribution in [0.15, 0.2) is 12.7 Å². The average molecular weight is 283 g/mol. The van der Waals surface area contributed by atoms with Crippen LogP contribution in [0.25, 0.3) is 11.2 Å². The molecule has 0 saturated carbocycles. The molecule has 1 aliphatic rings. The number of rotatable bonds is 2. The standard InChI is InChI=1S/C10H13N5O3S/c11-8-5-9(13-2-12-8)15(3-14-5)10-6(17)7(19)4(1-16)18-10/h2-4,6-7,10,16-17,19H,1H2,(H2,11,12,13)/t4-,6-,7-,10-/m1/s1. The van der Waals surface area contributed by atoms with Crippen molar-refractivity contribution >= 4 is 29.6 Å². The number of aliphatic hydroxyl groups is 2. The Morgan fingerprint density at radius 2 is 2.21 bits per heavy atom. The van der Waals surface area contributed by atoms with E-state index in [-0.39, 0.29) is 12.4 Å². The lowest BCUT2D eigenvalue weighted by molar-refractivity contribution is -0.0486. The molecule has 0 bridgehead atoms. The molecule has 2 aromatic heterocycles. The minimum absolute atomic E-state index is 0.217. The van der Waals surface area contributed by atoms with Crippen molar-refractivity contribution in [2.45, 2.75) is 23.7 Å². The van der Waals surface area contributed by atoms with Gasteiger partial charge in [0.2, 0.25) is 0 Å². The molecule has 0 aliphatic carbocycles. The van der Waals surface area contributed by atoms with Gasteiger partial charge in [0, 0.05) is 0 Å². The zero-order valence-electron chi connectivity index (χ0n) is 9.79. The van der Waals surface area contributed by atoms with Crippen LogP contribution in [0.3, 0.4) is 0 Å². The quantitative estimate of drug-likeness (QED) is 0.520. The van der Waals surface area contributed by atoms with Crippen molar-refractivity contribution in [3.05, 3.63) is 12.7 Å². The van der Waals surface area contributed by atoms with Crippen molar-refractivity contribution in [3.8, 4) is 0 Å². The molecule has 1 fully saturated rings. The van der Waals surface area contributed by atoms with E-state index in [1.807, 2.05) is 0 Å². The van der Waals surface area contributed by atoms with E-state index in [4.69, 9.17) is 10.5 Å². The fraction of sp³-hybridized carbons (Fsp3) is 0.500. The van der Waals surface area contributed by atoms with Gasteiger partial charge in [0.05, 0.1) is 24.3 Å². The highest BCUT2D eigenvalue weighted by atomic mass is 32.1. The Morgan fingerprint density at radius 1 is 1.42 bits per heavy atom. The summed E-state index contributed by atoms with van der Waals surface area (Å²) in [5.41, 5.74) is 6.61. The maximum atomic E-state index is 10.1. The molecule has 0 spiro atoms. The summed E-state index contributed by atoms with van der Waals surface area (Å²) >= 11 is 4.24. The smallest absolute Gasteiger partial charge is 0.167 e. The third-order valence-corrected chi connectivity index (χ3v) is 3.82. The monoisotopic (exact) mass is 283 g/mol. The maximum Gasteiger partial charge on any atom is 0.167 e. The van der Waals surface area contributed by atoms with Crippen LogP contribution in [0.1, 0.15) is 6.23 Å². The predicted octanol–water partition coefficient (Wildman–Crippen LogP) is -1.04. The number of hydrogen-bond acceptors (Lipinski definition) is 8. The van der Waals surface area contributed by atoms with Crippen LogP contribution in [-0.4, -0.2) is 53.8 Å². The Bertz CT molecular complexity index is 606. The zero-order chi connectivity index (χ0) is 13.6. The van der Waals surface area contributed by atoms with Gasteiger partial charge in [-0.25, -0.2) is 15.0 Å². The summed E-state index contributed by atoms with van der Waals surface area (Å²) in [5, 5.41) is 18.8. The van der Waals surface area contributed by atoms with Gasteiger partial charge >= 0.3 is 0 Å². The summed E-state index contributed by atoms with van der Waals surface area (Å²) < 4.78 is 7.14. The number of thiol groups is 1. The van der Waals surface area contributed by atoms with E-state index in [0.717, 1.165) is 0 Å². The van der Waals surface area contributed by atoms with Crippen molar-refractivity contribution < 1.29 is 14.9 Å². The van der Waals surface area contributed by atoms with Gasteiger partial charge in [-0.2, -0.15) is 12.6 Å². The Kier molecular flexibility index (Phi) is 3.05. The van der Waals surface area contributed by atoms with Gasteiger partial charge in [0.15, 0.2) is 17.7 Å². The molecular formula is C10H13N5O3S. The fourth-order valence-corrected chi connectivity index (χ4v) is 2.48. The van der Waals surface area contributed by atoms with Crippen molar-refractivity contribution in [2.75, 3.05) is 12.3 Å². The summed E-state index contributed by atoms with van der Waals surface area (Å²) in [5.74, 6) is 0.261. The highest BCUT2D eigenvalue weighted by Gasteiger charge is 2.42. The first-order valence-corrected chi connectivity index (χ1v) is 6.20. The molecule has 8 nitrogen and oxygen atoms in total. The summed E-state index contributed by atoms with van der Waals surface area (Å²) in [6.07, 6.45) is 0.663. The molecule has 0 radical (unpaired) electrons. The van der Waals surface area contributed by atoms with Gasteiger partial charge in [0.25, 0.3) is 0 Å². The lowest BCUT2D eigenvalue weighted by Crippen LogP contribution is -2.28. The second-order valence-electron chi connectivity index (χ2n) is 4.31. The first kappa shape index (κ1) is 12.6. The van der Waals surface area contributed by atoms with Gasteiger partial charge in [-0.1, -0.05) is 0 Å².